The Labute approximate surface area is 134 Å². The Morgan fingerprint density at radius 3 is 2.29 bits per heavy atom. The van der Waals surface area contributed by atoms with Gasteiger partial charge in [0.2, 0.25) is 0 Å². The quantitative estimate of drug-likeness (QED) is 0.802. The molecule has 0 saturated carbocycles. The number of anilines is 1. The Morgan fingerprint density at radius 2 is 1.76 bits per heavy atom. The topological polar surface area (TPSA) is 16.1 Å². The average molecular weight is 307 g/mol. The number of hydrogen-bond acceptors (Lipinski definition) is 3. The highest BCUT2D eigenvalue weighted by atomic mass is 32.2. The van der Waals surface area contributed by atoms with Crippen LogP contribution in [0.25, 0.3) is 0 Å². The summed E-state index contributed by atoms with van der Waals surface area (Å²) in [6.07, 6.45) is 6.75. The van der Waals surface area contributed by atoms with Crippen molar-refractivity contribution in [2.75, 3.05) is 24.2 Å². The van der Waals surface area contributed by atoms with Crippen LogP contribution in [0.2, 0.25) is 0 Å². The minimum absolute atomic E-state index is 0.191. The number of pyridine rings is 1. The van der Waals surface area contributed by atoms with Crippen molar-refractivity contribution in [1.82, 2.24) is 4.98 Å². The van der Waals surface area contributed by atoms with E-state index in [0.29, 0.717) is 4.75 Å². The molecule has 1 aromatic rings. The summed E-state index contributed by atoms with van der Waals surface area (Å²) in [7, 11) is 0. The molecule has 1 aliphatic rings. The van der Waals surface area contributed by atoms with Crippen LogP contribution in [0.4, 0.5) is 5.82 Å². The molecule has 118 valence electrons. The van der Waals surface area contributed by atoms with Crippen LogP contribution >= 0.6 is 11.8 Å². The zero-order chi connectivity index (χ0) is 15.7. The Morgan fingerprint density at radius 1 is 1.14 bits per heavy atom. The minimum Gasteiger partial charge on any atom is -0.357 e. The van der Waals surface area contributed by atoms with Crippen LogP contribution in [0.5, 0.6) is 0 Å². The van der Waals surface area contributed by atoms with E-state index < -0.39 is 0 Å². The number of hydrogen-bond donors (Lipinski definition) is 0. The molecule has 1 aromatic heterocycles. The van der Waals surface area contributed by atoms with Crippen molar-refractivity contribution in [2.45, 2.75) is 57.6 Å². The Balaban J connectivity index is 2.06. The van der Waals surface area contributed by atoms with Crippen LogP contribution in [0.15, 0.2) is 18.3 Å². The highest BCUT2D eigenvalue weighted by Crippen LogP contribution is 2.38. The normalized spacial score (nSPS) is 18.1. The number of piperidine rings is 1. The fourth-order valence-electron chi connectivity index (χ4n) is 3.03. The fourth-order valence-corrected chi connectivity index (χ4v) is 3.60. The third kappa shape index (κ3) is 3.94. The first kappa shape index (κ1) is 16.7. The van der Waals surface area contributed by atoms with Crippen LogP contribution in [0.1, 0.15) is 53.0 Å². The van der Waals surface area contributed by atoms with E-state index in [1.165, 1.54) is 18.4 Å². The van der Waals surface area contributed by atoms with Gasteiger partial charge < -0.3 is 4.90 Å². The predicted molar refractivity (Wildman–Crippen MR) is 95.5 cm³/mol. The smallest absolute Gasteiger partial charge is 0.128 e. The first-order chi connectivity index (χ1) is 9.74. The molecule has 3 heteroatoms. The van der Waals surface area contributed by atoms with E-state index in [1.807, 2.05) is 18.0 Å². The molecule has 21 heavy (non-hydrogen) atoms. The van der Waals surface area contributed by atoms with Gasteiger partial charge in [-0.15, -0.1) is 0 Å². The molecule has 0 bridgehead atoms. The molecule has 1 fully saturated rings. The molecule has 0 aromatic carbocycles. The molecular weight excluding hydrogens is 276 g/mol. The zero-order valence-electron chi connectivity index (χ0n) is 14.4. The van der Waals surface area contributed by atoms with E-state index in [0.717, 1.165) is 24.8 Å². The average Bonchev–Trinajstić information content (AvgIpc) is 2.47. The van der Waals surface area contributed by atoms with Crippen LogP contribution in [0, 0.1) is 5.92 Å². The zero-order valence-corrected chi connectivity index (χ0v) is 15.3. The standard InChI is InChI=1S/C18H30N2S/c1-17(2,3)15-7-10-19-16(13-15)20-11-8-14(9-12-20)18(4,5)21-6/h7,10,13-14H,8-9,11-12H2,1-6H3. The molecule has 2 rings (SSSR count). The second kappa shape index (κ2) is 6.20. The molecular formula is C18H30N2S. The van der Waals surface area contributed by atoms with Crippen molar-refractivity contribution < 1.29 is 0 Å². The molecule has 1 aliphatic heterocycles. The van der Waals surface area contributed by atoms with E-state index >= 15 is 0 Å². The Kier molecular flexibility index (Phi) is 4.92. The summed E-state index contributed by atoms with van der Waals surface area (Å²) >= 11 is 2.00. The van der Waals surface area contributed by atoms with Crippen LogP contribution in [-0.4, -0.2) is 29.1 Å². The SMILES string of the molecule is CSC(C)(C)C1CCN(c2cc(C(C)(C)C)ccn2)CC1. The van der Waals surface area contributed by atoms with Gasteiger partial charge in [0.05, 0.1) is 0 Å². The third-order valence-corrected chi connectivity index (χ3v) is 6.33. The molecule has 0 atom stereocenters. The van der Waals surface area contributed by atoms with E-state index in [-0.39, 0.29) is 5.41 Å². The lowest BCUT2D eigenvalue weighted by atomic mass is 9.85. The summed E-state index contributed by atoms with van der Waals surface area (Å²) in [4.78, 5) is 7.07. The first-order valence-electron chi connectivity index (χ1n) is 8.00. The summed E-state index contributed by atoms with van der Waals surface area (Å²) in [5.74, 6) is 1.97. The van der Waals surface area contributed by atoms with Gasteiger partial charge in [0.15, 0.2) is 0 Å². The Bertz CT molecular complexity index is 468. The number of rotatable bonds is 3. The summed E-state index contributed by atoms with van der Waals surface area (Å²) in [6.45, 7) is 13.8. The van der Waals surface area contributed by atoms with Gasteiger partial charge in [-0.2, -0.15) is 11.8 Å². The molecule has 0 unspecified atom stereocenters. The lowest BCUT2D eigenvalue weighted by Gasteiger charge is -2.40. The molecule has 0 radical (unpaired) electrons. The van der Waals surface area contributed by atoms with Gasteiger partial charge in [0.1, 0.15) is 5.82 Å². The maximum atomic E-state index is 4.60. The maximum Gasteiger partial charge on any atom is 0.128 e. The van der Waals surface area contributed by atoms with Crippen molar-refractivity contribution in [2.24, 2.45) is 5.92 Å². The third-order valence-electron chi connectivity index (χ3n) is 4.94. The fraction of sp³-hybridized carbons (Fsp3) is 0.722. The van der Waals surface area contributed by atoms with Crippen LogP contribution in [0.3, 0.4) is 0 Å². The van der Waals surface area contributed by atoms with Crippen LogP contribution < -0.4 is 4.90 Å². The van der Waals surface area contributed by atoms with Crippen molar-refractivity contribution >= 4 is 17.6 Å². The highest BCUT2D eigenvalue weighted by Gasteiger charge is 2.32. The van der Waals surface area contributed by atoms with Gasteiger partial charge in [-0.05, 0) is 48.1 Å². The van der Waals surface area contributed by atoms with Crippen molar-refractivity contribution in [3.8, 4) is 0 Å². The van der Waals surface area contributed by atoms with Gasteiger partial charge in [-0.1, -0.05) is 34.6 Å². The van der Waals surface area contributed by atoms with Gasteiger partial charge in [0, 0.05) is 24.0 Å². The molecule has 0 amide bonds. The van der Waals surface area contributed by atoms with E-state index in [1.54, 1.807) is 0 Å². The van der Waals surface area contributed by atoms with Gasteiger partial charge in [-0.3, -0.25) is 0 Å². The van der Waals surface area contributed by atoms with Crippen molar-refractivity contribution in [3.05, 3.63) is 23.9 Å². The summed E-state index contributed by atoms with van der Waals surface area (Å²) in [5, 5.41) is 0. The monoisotopic (exact) mass is 306 g/mol. The lowest BCUT2D eigenvalue weighted by molar-refractivity contribution is 0.339. The molecule has 2 nitrogen and oxygen atoms in total. The minimum atomic E-state index is 0.191. The Hall–Kier alpha value is -0.700. The largest absolute Gasteiger partial charge is 0.357 e. The maximum absolute atomic E-state index is 4.60. The van der Waals surface area contributed by atoms with Gasteiger partial charge >= 0.3 is 0 Å². The summed E-state index contributed by atoms with van der Waals surface area (Å²) < 4.78 is 0.396. The highest BCUT2D eigenvalue weighted by molar-refractivity contribution is 7.99. The van der Waals surface area contributed by atoms with Crippen molar-refractivity contribution in [3.63, 3.8) is 0 Å². The number of thioether (sulfide) groups is 1. The van der Waals surface area contributed by atoms with E-state index in [2.05, 4.69) is 62.9 Å². The second-order valence-corrected chi connectivity index (χ2v) is 9.18. The molecule has 2 heterocycles. The van der Waals surface area contributed by atoms with E-state index in [9.17, 15) is 0 Å². The lowest BCUT2D eigenvalue weighted by Crippen LogP contribution is -2.40. The van der Waals surface area contributed by atoms with Crippen molar-refractivity contribution in [1.29, 1.82) is 0 Å². The molecule has 1 saturated heterocycles. The van der Waals surface area contributed by atoms with E-state index in [4.69, 9.17) is 0 Å². The van der Waals surface area contributed by atoms with Crippen LogP contribution in [-0.2, 0) is 5.41 Å². The van der Waals surface area contributed by atoms with Gasteiger partial charge in [-0.25, -0.2) is 4.98 Å². The number of aromatic nitrogens is 1. The van der Waals surface area contributed by atoms with Gasteiger partial charge in [0.25, 0.3) is 0 Å². The molecule has 0 spiro atoms. The summed E-state index contributed by atoms with van der Waals surface area (Å²) in [6, 6.07) is 4.42. The summed E-state index contributed by atoms with van der Waals surface area (Å²) in [5.41, 5.74) is 1.57. The number of nitrogens with zero attached hydrogens (tertiary/aromatic N) is 2. The molecule has 0 aliphatic carbocycles. The first-order valence-corrected chi connectivity index (χ1v) is 9.23. The second-order valence-electron chi connectivity index (χ2n) is 7.72. The molecule has 0 N–H and O–H groups in total. The predicted octanol–water partition coefficient (Wildman–Crippen LogP) is 4.74.